The van der Waals surface area contributed by atoms with E-state index in [9.17, 15) is 9.59 Å². The number of nitrogens with one attached hydrogen (secondary N) is 3. The Morgan fingerprint density at radius 1 is 0.970 bits per heavy atom. The predicted octanol–water partition coefficient (Wildman–Crippen LogP) is 3.59. The van der Waals surface area contributed by atoms with Crippen molar-refractivity contribution >= 4 is 11.6 Å². The highest BCUT2D eigenvalue weighted by atomic mass is 16.5. The van der Waals surface area contributed by atoms with E-state index in [1.165, 1.54) is 0 Å². The Bertz CT molecular complexity index is 1300. The summed E-state index contributed by atoms with van der Waals surface area (Å²) >= 11 is 0. The number of hydrogen-bond acceptors (Lipinski definition) is 7. The van der Waals surface area contributed by atoms with E-state index in [0.29, 0.717) is 46.4 Å². The van der Waals surface area contributed by atoms with Crippen LogP contribution in [0.2, 0.25) is 0 Å². The van der Waals surface area contributed by atoms with Gasteiger partial charge in [0.05, 0.1) is 32.8 Å². The fourth-order valence-electron chi connectivity index (χ4n) is 4.89. The number of rotatable bonds is 5. The summed E-state index contributed by atoms with van der Waals surface area (Å²) in [5.74, 6) is 2.73. The second-order valence-electron chi connectivity index (χ2n) is 8.25. The number of allylic oxidation sites excluding steroid dienone is 2. The summed E-state index contributed by atoms with van der Waals surface area (Å²) < 4.78 is 22.3. The first kappa shape index (κ1) is 21.0. The van der Waals surface area contributed by atoms with Crippen molar-refractivity contribution in [1.82, 2.24) is 10.2 Å². The minimum absolute atomic E-state index is 0.0344. The number of anilines is 1. The zero-order chi connectivity index (χ0) is 23.3. The Morgan fingerprint density at radius 3 is 2.30 bits per heavy atom. The fraction of sp³-hybridized carbons (Fsp3) is 0.333. The Hall–Kier alpha value is -3.88. The van der Waals surface area contributed by atoms with Gasteiger partial charge >= 0.3 is 0 Å². The molecule has 9 nitrogen and oxygen atoms in total. The number of carbonyl (C=O) groups excluding carboxylic acids is 1. The van der Waals surface area contributed by atoms with Crippen molar-refractivity contribution in [3.8, 4) is 17.2 Å². The number of methoxy groups -OCH3 is 3. The van der Waals surface area contributed by atoms with Crippen molar-refractivity contribution in [3.05, 3.63) is 68.5 Å². The minimum Gasteiger partial charge on any atom is -0.493 e. The number of ether oxygens (including phenoxy) is 3. The summed E-state index contributed by atoms with van der Waals surface area (Å²) in [5.41, 5.74) is 2.44. The van der Waals surface area contributed by atoms with Crippen molar-refractivity contribution in [1.29, 1.82) is 0 Å². The van der Waals surface area contributed by atoms with Gasteiger partial charge in [0, 0.05) is 17.7 Å². The highest BCUT2D eigenvalue weighted by Gasteiger charge is 2.42. The number of aromatic nitrogens is 2. The molecule has 0 saturated heterocycles. The second-order valence-corrected chi connectivity index (χ2v) is 8.25. The number of fused-ring (bicyclic) bond motifs is 1. The van der Waals surface area contributed by atoms with E-state index < -0.39 is 5.92 Å². The van der Waals surface area contributed by atoms with Crippen LogP contribution in [-0.4, -0.2) is 37.3 Å². The maximum absolute atomic E-state index is 13.5. The average Bonchev–Trinajstić information content (AvgIpc) is 3.41. The molecule has 0 spiro atoms. The van der Waals surface area contributed by atoms with Gasteiger partial charge in [-0.25, -0.2) is 0 Å². The first-order valence-electron chi connectivity index (χ1n) is 10.6. The third kappa shape index (κ3) is 3.31. The van der Waals surface area contributed by atoms with Gasteiger partial charge in [-0.05, 0) is 49.1 Å². The lowest BCUT2D eigenvalue weighted by molar-refractivity contribution is -0.116. The van der Waals surface area contributed by atoms with Crippen molar-refractivity contribution < 1.29 is 23.4 Å². The Morgan fingerprint density at radius 2 is 1.70 bits per heavy atom. The predicted molar refractivity (Wildman–Crippen MR) is 120 cm³/mol. The first-order chi connectivity index (χ1) is 15.9. The average molecular weight is 451 g/mol. The smallest absolute Gasteiger partial charge is 0.270 e. The van der Waals surface area contributed by atoms with Crippen LogP contribution >= 0.6 is 0 Å². The molecule has 33 heavy (non-hydrogen) atoms. The topological polar surface area (TPSA) is 119 Å². The molecule has 0 bridgehead atoms. The number of Topliss-reactive ketones (excluding diaryl/α,β-unsaturated/α-hetero) is 1. The van der Waals surface area contributed by atoms with E-state index in [2.05, 4.69) is 15.5 Å². The van der Waals surface area contributed by atoms with Crippen LogP contribution in [0, 0.1) is 6.92 Å². The maximum Gasteiger partial charge on any atom is 0.270 e. The van der Waals surface area contributed by atoms with E-state index in [1.807, 2.05) is 31.2 Å². The van der Waals surface area contributed by atoms with Crippen LogP contribution in [-0.2, 0) is 4.79 Å². The maximum atomic E-state index is 13.5. The van der Waals surface area contributed by atoms with E-state index in [4.69, 9.17) is 18.6 Å². The van der Waals surface area contributed by atoms with Gasteiger partial charge in [-0.15, -0.1) is 0 Å². The number of ketones is 1. The molecule has 0 saturated carbocycles. The Balaban J connectivity index is 1.59. The van der Waals surface area contributed by atoms with Crippen LogP contribution in [0.25, 0.3) is 0 Å². The van der Waals surface area contributed by atoms with E-state index in [1.54, 1.807) is 21.3 Å². The van der Waals surface area contributed by atoms with Crippen molar-refractivity contribution in [2.45, 2.75) is 31.6 Å². The van der Waals surface area contributed by atoms with E-state index in [-0.39, 0.29) is 23.7 Å². The molecular formula is C24H25N3O6. The highest BCUT2D eigenvalue weighted by Crippen LogP contribution is 2.48. The fourth-order valence-corrected chi connectivity index (χ4v) is 4.89. The summed E-state index contributed by atoms with van der Waals surface area (Å²) in [4.78, 5) is 26.1. The molecule has 3 aromatic rings. The molecule has 3 heterocycles. The normalized spacial score (nSPS) is 19.6. The van der Waals surface area contributed by atoms with E-state index in [0.717, 1.165) is 17.0 Å². The van der Waals surface area contributed by atoms with Crippen LogP contribution in [0.1, 0.15) is 47.3 Å². The first-order valence-corrected chi connectivity index (χ1v) is 10.6. The second kappa shape index (κ2) is 7.91. The number of H-pyrrole nitrogens is 2. The molecule has 2 aromatic heterocycles. The van der Waals surface area contributed by atoms with Crippen LogP contribution < -0.4 is 25.1 Å². The minimum atomic E-state index is -0.562. The Labute approximate surface area is 189 Å². The molecule has 1 aliphatic carbocycles. The standard InChI is InChI=1S/C24H25N3O6/c1-11-5-6-16(33-11)20-19-14(25-23-21(20)24(29)27-26-23)7-12(8-15(19)28)13-9-17(30-2)22(32-4)18(10-13)31-3/h5-6,9-10,12,20H,7-8H2,1-4H3,(H3,25,26,27,29)/t12-,20-/m0/s1. The summed E-state index contributed by atoms with van der Waals surface area (Å²) in [6, 6.07) is 7.42. The summed E-state index contributed by atoms with van der Waals surface area (Å²) in [6.45, 7) is 1.84. The molecule has 9 heteroatoms. The van der Waals surface area contributed by atoms with Crippen molar-refractivity contribution in [3.63, 3.8) is 0 Å². The van der Waals surface area contributed by atoms with Crippen LogP contribution in [0.15, 0.2) is 44.7 Å². The van der Waals surface area contributed by atoms with Crippen LogP contribution in [0.4, 0.5) is 5.82 Å². The van der Waals surface area contributed by atoms with Gasteiger partial charge in [0.2, 0.25) is 5.75 Å². The number of aryl methyl sites for hydroxylation is 1. The van der Waals surface area contributed by atoms with Gasteiger partial charge in [0.1, 0.15) is 17.3 Å². The van der Waals surface area contributed by atoms with Gasteiger partial charge in [-0.1, -0.05) is 0 Å². The summed E-state index contributed by atoms with van der Waals surface area (Å²) in [7, 11) is 4.69. The molecule has 0 radical (unpaired) electrons. The SMILES string of the molecule is COc1cc([C@@H]2CC(=O)C3=C(C2)Nc2[nH][nH]c(=O)c2[C@H]3c2ccc(C)o2)cc(OC)c1OC. The lowest BCUT2D eigenvalue weighted by atomic mass is 9.74. The number of aromatic amines is 2. The molecule has 1 aromatic carbocycles. The van der Waals surface area contributed by atoms with Gasteiger partial charge in [0.15, 0.2) is 17.3 Å². The van der Waals surface area contributed by atoms with Gasteiger partial charge in [-0.2, -0.15) is 0 Å². The number of benzene rings is 1. The largest absolute Gasteiger partial charge is 0.493 e. The highest BCUT2D eigenvalue weighted by molar-refractivity contribution is 6.01. The molecule has 0 fully saturated rings. The lowest BCUT2D eigenvalue weighted by Gasteiger charge is -2.34. The van der Waals surface area contributed by atoms with Crippen molar-refractivity contribution in [2.24, 2.45) is 0 Å². The Kier molecular flexibility index (Phi) is 5.03. The summed E-state index contributed by atoms with van der Waals surface area (Å²) in [5, 5.41) is 8.80. The van der Waals surface area contributed by atoms with Gasteiger partial charge in [0.25, 0.3) is 5.56 Å². The van der Waals surface area contributed by atoms with Gasteiger partial charge < -0.3 is 23.9 Å². The quantitative estimate of drug-likeness (QED) is 0.542. The third-order valence-electron chi connectivity index (χ3n) is 6.38. The molecule has 3 N–H and O–H groups in total. The number of furan rings is 1. The molecule has 1 aliphatic heterocycles. The number of carbonyl (C=O) groups is 1. The van der Waals surface area contributed by atoms with Gasteiger partial charge in [-0.3, -0.25) is 19.8 Å². The summed E-state index contributed by atoms with van der Waals surface area (Å²) in [6.07, 6.45) is 0.857. The zero-order valence-electron chi connectivity index (χ0n) is 18.8. The molecular weight excluding hydrogens is 426 g/mol. The molecule has 0 amide bonds. The number of hydrogen-bond donors (Lipinski definition) is 3. The van der Waals surface area contributed by atoms with Crippen molar-refractivity contribution in [2.75, 3.05) is 26.6 Å². The molecule has 2 aliphatic rings. The van der Waals surface area contributed by atoms with E-state index >= 15 is 0 Å². The molecule has 172 valence electrons. The lowest BCUT2D eigenvalue weighted by Crippen LogP contribution is -2.31. The molecule has 2 atom stereocenters. The van der Waals surface area contributed by atoms with Crippen LogP contribution in [0.5, 0.6) is 17.2 Å². The third-order valence-corrected chi connectivity index (χ3v) is 6.38. The monoisotopic (exact) mass is 451 g/mol. The molecule has 0 unspecified atom stereocenters. The molecule has 5 rings (SSSR count). The zero-order valence-corrected chi connectivity index (χ0v) is 18.8. The van der Waals surface area contributed by atoms with Crippen LogP contribution in [0.3, 0.4) is 0 Å².